The number of guanidine groups is 1. The lowest BCUT2D eigenvalue weighted by Gasteiger charge is -2.33. The predicted octanol–water partition coefficient (Wildman–Crippen LogP) is 2.40. The number of likely N-dealkylation sites (N-methyl/N-ethyl adjacent to an activating group) is 1. The number of piperazine rings is 1. The van der Waals surface area contributed by atoms with Crippen LogP contribution in [0.15, 0.2) is 40.8 Å². The summed E-state index contributed by atoms with van der Waals surface area (Å²) in [7, 11) is 4.01. The maximum atomic E-state index is 4.69. The zero-order valence-electron chi connectivity index (χ0n) is 18.8. The molecule has 2 aromatic rings. The lowest BCUT2D eigenvalue weighted by Crippen LogP contribution is -2.44. The molecule has 4 rings (SSSR count). The van der Waals surface area contributed by atoms with Gasteiger partial charge in [-0.15, -0.1) is 11.3 Å². The van der Waals surface area contributed by atoms with Crippen LogP contribution in [0.3, 0.4) is 0 Å². The Morgan fingerprint density at radius 1 is 1.10 bits per heavy atom. The Balaban J connectivity index is 1.28. The Bertz CT molecular complexity index is 807. The maximum absolute atomic E-state index is 4.69. The molecule has 2 aliphatic heterocycles. The van der Waals surface area contributed by atoms with Crippen molar-refractivity contribution >= 4 is 23.1 Å². The summed E-state index contributed by atoms with van der Waals surface area (Å²) < 4.78 is 0. The quantitative estimate of drug-likeness (QED) is 0.508. The van der Waals surface area contributed by atoms with Gasteiger partial charge < -0.3 is 20.4 Å². The van der Waals surface area contributed by atoms with Gasteiger partial charge in [-0.1, -0.05) is 12.1 Å². The minimum atomic E-state index is 0.408. The molecule has 2 aliphatic rings. The molecule has 0 spiro atoms. The fraction of sp³-hybridized carbons (Fsp3) is 0.565. The van der Waals surface area contributed by atoms with Gasteiger partial charge in [-0.25, -0.2) is 4.98 Å². The van der Waals surface area contributed by atoms with Crippen molar-refractivity contribution in [2.75, 3.05) is 64.8 Å². The molecule has 0 radical (unpaired) electrons. The second kappa shape index (κ2) is 10.9. The molecule has 31 heavy (non-hydrogen) atoms. The van der Waals surface area contributed by atoms with E-state index in [-0.39, 0.29) is 0 Å². The molecule has 0 amide bonds. The number of aliphatic imine (C=N–C) groups is 1. The molecule has 0 aromatic carbocycles. The van der Waals surface area contributed by atoms with Crippen molar-refractivity contribution in [1.82, 2.24) is 25.4 Å². The number of thiophene rings is 1. The van der Waals surface area contributed by atoms with Gasteiger partial charge in [0, 0.05) is 57.4 Å². The van der Waals surface area contributed by atoms with Gasteiger partial charge in [0.2, 0.25) is 0 Å². The number of pyridine rings is 1. The molecule has 8 heteroatoms. The molecular weight excluding hydrogens is 406 g/mol. The highest BCUT2D eigenvalue weighted by Gasteiger charge is 2.24. The molecule has 7 nitrogen and oxygen atoms in total. The van der Waals surface area contributed by atoms with Crippen LogP contribution < -0.4 is 15.5 Å². The average Bonchev–Trinajstić information content (AvgIpc) is 3.52. The SMILES string of the molecule is CN=C(NCc1ccc(N2CCN(C)CC2)nc1)NCC(c1cccs1)N1CCCC1. The first-order valence-corrected chi connectivity index (χ1v) is 12.2. The van der Waals surface area contributed by atoms with E-state index in [1.165, 1.54) is 30.8 Å². The number of hydrogen-bond donors (Lipinski definition) is 2. The van der Waals surface area contributed by atoms with Crippen molar-refractivity contribution < 1.29 is 0 Å². The summed E-state index contributed by atoms with van der Waals surface area (Å²) in [4.78, 5) is 17.9. The van der Waals surface area contributed by atoms with Gasteiger partial charge in [0.15, 0.2) is 5.96 Å². The lowest BCUT2D eigenvalue weighted by molar-refractivity contribution is 0.249. The average molecular weight is 442 g/mol. The summed E-state index contributed by atoms with van der Waals surface area (Å²) in [6, 6.07) is 9.11. The van der Waals surface area contributed by atoms with E-state index < -0.39 is 0 Å². The largest absolute Gasteiger partial charge is 0.354 e. The molecule has 4 heterocycles. The summed E-state index contributed by atoms with van der Waals surface area (Å²) in [5.74, 6) is 1.91. The number of nitrogens with one attached hydrogen (secondary N) is 2. The van der Waals surface area contributed by atoms with Gasteiger partial charge in [-0.3, -0.25) is 9.89 Å². The zero-order valence-corrected chi connectivity index (χ0v) is 19.6. The third-order valence-electron chi connectivity index (χ3n) is 6.24. The fourth-order valence-corrected chi connectivity index (χ4v) is 5.15. The van der Waals surface area contributed by atoms with Crippen LogP contribution in [-0.4, -0.2) is 80.7 Å². The van der Waals surface area contributed by atoms with Crippen molar-refractivity contribution in [2.24, 2.45) is 4.99 Å². The molecule has 2 fully saturated rings. The number of rotatable bonds is 7. The Morgan fingerprint density at radius 3 is 2.55 bits per heavy atom. The molecule has 1 atom stereocenters. The Kier molecular flexibility index (Phi) is 7.77. The van der Waals surface area contributed by atoms with Gasteiger partial charge in [-0.2, -0.15) is 0 Å². The van der Waals surface area contributed by atoms with Crippen LogP contribution in [0.5, 0.6) is 0 Å². The second-order valence-electron chi connectivity index (χ2n) is 8.40. The van der Waals surface area contributed by atoms with Crippen LogP contribution >= 0.6 is 11.3 Å². The minimum absolute atomic E-state index is 0.408. The number of anilines is 1. The zero-order chi connectivity index (χ0) is 21.5. The first-order chi connectivity index (χ1) is 15.2. The number of aromatic nitrogens is 1. The predicted molar refractivity (Wildman–Crippen MR) is 130 cm³/mol. The van der Waals surface area contributed by atoms with Crippen LogP contribution in [0, 0.1) is 0 Å². The Hall–Kier alpha value is -2.16. The standard InChI is InChI=1S/C23H35N7S/c1-24-23(27-18-20(21-6-5-15-31-21)29-9-3-4-10-29)26-17-19-7-8-22(25-16-19)30-13-11-28(2)12-14-30/h5-8,15-16,20H,3-4,9-14,17-18H2,1-2H3,(H2,24,26,27). The van der Waals surface area contributed by atoms with Gasteiger partial charge in [0.1, 0.15) is 5.82 Å². The van der Waals surface area contributed by atoms with E-state index in [1.807, 2.05) is 24.6 Å². The van der Waals surface area contributed by atoms with E-state index in [0.29, 0.717) is 12.6 Å². The van der Waals surface area contributed by atoms with Crippen molar-refractivity contribution in [3.63, 3.8) is 0 Å². The molecule has 2 N–H and O–H groups in total. The summed E-state index contributed by atoms with van der Waals surface area (Å²) in [6.45, 7) is 8.21. The van der Waals surface area contributed by atoms with E-state index in [0.717, 1.165) is 50.1 Å². The molecule has 2 saturated heterocycles. The van der Waals surface area contributed by atoms with E-state index in [4.69, 9.17) is 4.98 Å². The highest BCUT2D eigenvalue weighted by atomic mass is 32.1. The summed E-state index contributed by atoms with van der Waals surface area (Å²) in [5, 5.41) is 9.16. The topological polar surface area (TPSA) is 59.0 Å². The molecule has 168 valence electrons. The number of likely N-dealkylation sites (tertiary alicyclic amines) is 1. The van der Waals surface area contributed by atoms with Crippen molar-refractivity contribution in [2.45, 2.75) is 25.4 Å². The summed E-state index contributed by atoms with van der Waals surface area (Å²) in [6.07, 6.45) is 4.57. The third kappa shape index (κ3) is 5.96. The number of hydrogen-bond acceptors (Lipinski definition) is 6. The van der Waals surface area contributed by atoms with E-state index in [2.05, 4.69) is 67.0 Å². The smallest absolute Gasteiger partial charge is 0.191 e. The lowest BCUT2D eigenvalue weighted by atomic mass is 10.2. The second-order valence-corrected chi connectivity index (χ2v) is 9.38. The highest BCUT2D eigenvalue weighted by molar-refractivity contribution is 7.10. The molecule has 1 unspecified atom stereocenters. The first kappa shape index (κ1) is 22.0. The van der Waals surface area contributed by atoms with Gasteiger partial charge >= 0.3 is 0 Å². The van der Waals surface area contributed by atoms with Crippen LogP contribution in [0.4, 0.5) is 5.82 Å². The minimum Gasteiger partial charge on any atom is -0.354 e. The first-order valence-electron chi connectivity index (χ1n) is 11.3. The monoisotopic (exact) mass is 441 g/mol. The van der Waals surface area contributed by atoms with Crippen LogP contribution in [0.2, 0.25) is 0 Å². The van der Waals surface area contributed by atoms with Crippen LogP contribution in [0.25, 0.3) is 0 Å². The molecule has 0 saturated carbocycles. The Labute approximate surface area is 190 Å². The van der Waals surface area contributed by atoms with E-state index in [9.17, 15) is 0 Å². The molecule has 0 aliphatic carbocycles. The van der Waals surface area contributed by atoms with E-state index >= 15 is 0 Å². The Morgan fingerprint density at radius 2 is 1.90 bits per heavy atom. The molecule has 2 aromatic heterocycles. The number of nitrogens with zero attached hydrogens (tertiary/aromatic N) is 5. The summed E-state index contributed by atoms with van der Waals surface area (Å²) >= 11 is 1.84. The van der Waals surface area contributed by atoms with Gasteiger partial charge in [0.25, 0.3) is 0 Å². The van der Waals surface area contributed by atoms with Gasteiger partial charge in [0.05, 0.1) is 6.04 Å². The van der Waals surface area contributed by atoms with Crippen LogP contribution in [0.1, 0.15) is 29.3 Å². The fourth-order valence-electron chi connectivity index (χ4n) is 4.29. The highest BCUT2D eigenvalue weighted by Crippen LogP contribution is 2.27. The normalized spacial score (nSPS) is 19.5. The third-order valence-corrected chi connectivity index (χ3v) is 7.21. The van der Waals surface area contributed by atoms with Crippen molar-refractivity contribution in [3.05, 3.63) is 46.3 Å². The molecular formula is C23H35N7S. The van der Waals surface area contributed by atoms with Crippen molar-refractivity contribution in [3.8, 4) is 0 Å². The van der Waals surface area contributed by atoms with E-state index in [1.54, 1.807) is 0 Å². The van der Waals surface area contributed by atoms with Crippen LogP contribution in [-0.2, 0) is 6.54 Å². The summed E-state index contributed by atoms with van der Waals surface area (Å²) in [5.41, 5.74) is 1.16. The molecule has 0 bridgehead atoms. The van der Waals surface area contributed by atoms with Crippen molar-refractivity contribution in [1.29, 1.82) is 0 Å². The maximum Gasteiger partial charge on any atom is 0.191 e. The van der Waals surface area contributed by atoms with Gasteiger partial charge in [-0.05, 0) is 56.1 Å².